The summed E-state index contributed by atoms with van der Waals surface area (Å²) in [5, 5.41) is 0. The highest BCUT2D eigenvalue weighted by Gasteiger charge is 2.26. The number of piperidine rings is 1. The van der Waals surface area contributed by atoms with Gasteiger partial charge in [-0.3, -0.25) is 4.79 Å². The minimum atomic E-state index is -3.60. The van der Waals surface area contributed by atoms with Crippen molar-refractivity contribution in [2.24, 2.45) is 0 Å². The monoisotopic (exact) mass is 400 g/mol. The number of amides is 1. The van der Waals surface area contributed by atoms with Crippen LogP contribution in [-0.2, 0) is 24.3 Å². The highest BCUT2D eigenvalue weighted by Crippen LogP contribution is 2.18. The Morgan fingerprint density at radius 2 is 1.85 bits per heavy atom. The van der Waals surface area contributed by atoms with E-state index in [0.29, 0.717) is 51.5 Å². The SMILES string of the molecule is CCOc1ccc(S(=O)(=O)NC2CCN(C(=O)COCCOC)CC2)cc1. The van der Waals surface area contributed by atoms with Crippen LogP contribution in [-0.4, -0.2) is 71.9 Å². The molecule has 0 radical (unpaired) electrons. The van der Waals surface area contributed by atoms with Gasteiger partial charge in [-0.1, -0.05) is 0 Å². The van der Waals surface area contributed by atoms with Crippen LogP contribution in [0.5, 0.6) is 5.75 Å². The molecule has 1 aromatic rings. The minimum absolute atomic E-state index is 0.0198. The van der Waals surface area contributed by atoms with Gasteiger partial charge in [0.25, 0.3) is 0 Å². The number of ether oxygens (including phenoxy) is 3. The van der Waals surface area contributed by atoms with Crippen molar-refractivity contribution in [2.45, 2.75) is 30.7 Å². The molecule has 0 bridgehead atoms. The molecule has 0 saturated carbocycles. The molecule has 9 heteroatoms. The number of sulfonamides is 1. The second-order valence-electron chi connectivity index (χ2n) is 6.23. The quantitative estimate of drug-likeness (QED) is 0.589. The summed E-state index contributed by atoms with van der Waals surface area (Å²) in [7, 11) is -2.02. The van der Waals surface area contributed by atoms with Gasteiger partial charge in [-0.2, -0.15) is 0 Å². The second kappa shape index (κ2) is 10.6. The maximum Gasteiger partial charge on any atom is 0.248 e. The van der Waals surface area contributed by atoms with E-state index in [1.807, 2.05) is 6.92 Å². The van der Waals surface area contributed by atoms with Crippen LogP contribution in [0.2, 0.25) is 0 Å². The average molecular weight is 400 g/mol. The molecule has 0 atom stereocenters. The van der Waals surface area contributed by atoms with Crippen LogP contribution < -0.4 is 9.46 Å². The van der Waals surface area contributed by atoms with Gasteiger partial charge in [0.1, 0.15) is 12.4 Å². The second-order valence-corrected chi connectivity index (χ2v) is 7.94. The zero-order chi connectivity index (χ0) is 19.7. The van der Waals surface area contributed by atoms with E-state index in [0.717, 1.165) is 0 Å². The Morgan fingerprint density at radius 1 is 1.19 bits per heavy atom. The number of carbonyl (C=O) groups excluding carboxylic acids is 1. The third-order valence-electron chi connectivity index (χ3n) is 4.27. The normalized spacial score (nSPS) is 15.7. The van der Waals surface area contributed by atoms with Crippen LogP contribution in [0, 0.1) is 0 Å². The van der Waals surface area contributed by atoms with Crippen LogP contribution in [0.15, 0.2) is 29.2 Å². The van der Waals surface area contributed by atoms with Crippen LogP contribution >= 0.6 is 0 Å². The van der Waals surface area contributed by atoms with Gasteiger partial charge in [0.2, 0.25) is 15.9 Å². The molecule has 1 amide bonds. The fraction of sp³-hybridized carbons (Fsp3) is 0.611. The van der Waals surface area contributed by atoms with E-state index in [1.165, 1.54) is 12.1 Å². The first-order valence-corrected chi connectivity index (χ1v) is 10.5. The number of likely N-dealkylation sites (tertiary alicyclic amines) is 1. The third-order valence-corrected chi connectivity index (χ3v) is 5.81. The third kappa shape index (κ3) is 6.76. The predicted octanol–water partition coefficient (Wildman–Crippen LogP) is 1.02. The maximum atomic E-state index is 12.5. The van der Waals surface area contributed by atoms with Crippen LogP contribution in [0.25, 0.3) is 0 Å². The van der Waals surface area contributed by atoms with Gasteiger partial charge in [-0.15, -0.1) is 0 Å². The van der Waals surface area contributed by atoms with Crippen molar-refractivity contribution in [3.8, 4) is 5.75 Å². The number of carbonyl (C=O) groups is 1. The number of nitrogens with one attached hydrogen (secondary N) is 1. The minimum Gasteiger partial charge on any atom is -0.494 e. The Kier molecular flexibility index (Phi) is 8.49. The molecule has 2 rings (SSSR count). The van der Waals surface area contributed by atoms with E-state index in [9.17, 15) is 13.2 Å². The van der Waals surface area contributed by atoms with E-state index < -0.39 is 10.0 Å². The van der Waals surface area contributed by atoms with Crippen LogP contribution in [0.1, 0.15) is 19.8 Å². The lowest BCUT2D eigenvalue weighted by molar-refractivity contribution is -0.137. The van der Waals surface area contributed by atoms with Gasteiger partial charge in [0, 0.05) is 26.2 Å². The summed E-state index contributed by atoms with van der Waals surface area (Å²) in [5.74, 6) is 0.551. The van der Waals surface area contributed by atoms with E-state index in [-0.39, 0.29) is 23.5 Å². The van der Waals surface area contributed by atoms with Crippen LogP contribution in [0.3, 0.4) is 0 Å². The fourth-order valence-electron chi connectivity index (χ4n) is 2.81. The van der Waals surface area contributed by atoms with Gasteiger partial charge < -0.3 is 19.1 Å². The molecular weight excluding hydrogens is 372 g/mol. The molecule has 152 valence electrons. The fourth-order valence-corrected chi connectivity index (χ4v) is 4.11. The van der Waals surface area contributed by atoms with Crippen molar-refractivity contribution in [1.82, 2.24) is 9.62 Å². The molecule has 1 aromatic carbocycles. The van der Waals surface area contributed by atoms with E-state index >= 15 is 0 Å². The van der Waals surface area contributed by atoms with Gasteiger partial charge in [0.05, 0.1) is 24.7 Å². The van der Waals surface area contributed by atoms with Gasteiger partial charge in [-0.05, 0) is 44.0 Å². The lowest BCUT2D eigenvalue weighted by Crippen LogP contribution is -2.47. The molecule has 0 unspecified atom stereocenters. The number of methoxy groups -OCH3 is 1. The molecule has 1 N–H and O–H groups in total. The first-order valence-electron chi connectivity index (χ1n) is 9.06. The smallest absolute Gasteiger partial charge is 0.248 e. The highest BCUT2D eigenvalue weighted by atomic mass is 32.2. The molecule has 0 spiro atoms. The van der Waals surface area contributed by atoms with Crippen LogP contribution in [0.4, 0.5) is 0 Å². The summed E-state index contributed by atoms with van der Waals surface area (Å²) in [4.78, 5) is 14.0. The van der Waals surface area contributed by atoms with Crippen molar-refractivity contribution in [3.05, 3.63) is 24.3 Å². The molecule has 0 aromatic heterocycles. The van der Waals surface area contributed by atoms with Crippen molar-refractivity contribution < 1.29 is 27.4 Å². The molecule has 1 aliphatic rings. The van der Waals surface area contributed by atoms with Crippen molar-refractivity contribution in [2.75, 3.05) is 46.6 Å². The molecular formula is C18H28N2O6S. The molecule has 1 saturated heterocycles. The number of hydrogen-bond donors (Lipinski definition) is 1. The summed E-state index contributed by atoms with van der Waals surface area (Å²) >= 11 is 0. The molecule has 8 nitrogen and oxygen atoms in total. The zero-order valence-electron chi connectivity index (χ0n) is 15.8. The molecule has 1 heterocycles. The van der Waals surface area contributed by atoms with Crippen molar-refractivity contribution in [3.63, 3.8) is 0 Å². The van der Waals surface area contributed by atoms with Gasteiger partial charge >= 0.3 is 0 Å². The van der Waals surface area contributed by atoms with Crippen molar-refractivity contribution >= 4 is 15.9 Å². The molecule has 1 fully saturated rings. The number of rotatable bonds is 10. The Balaban J connectivity index is 1.81. The Morgan fingerprint density at radius 3 is 2.44 bits per heavy atom. The summed E-state index contributed by atoms with van der Waals surface area (Å²) in [6, 6.07) is 6.15. The Labute approximate surface area is 160 Å². The van der Waals surface area contributed by atoms with E-state index in [2.05, 4.69) is 4.72 Å². The topological polar surface area (TPSA) is 94.2 Å². The van der Waals surface area contributed by atoms with Crippen molar-refractivity contribution in [1.29, 1.82) is 0 Å². The zero-order valence-corrected chi connectivity index (χ0v) is 16.7. The standard InChI is InChI=1S/C18H28N2O6S/c1-3-26-16-4-6-17(7-5-16)27(22,23)19-15-8-10-20(11-9-15)18(21)14-25-13-12-24-2/h4-7,15,19H,3,8-14H2,1-2H3. The predicted molar refractivity (Wildman–Crippen MR) is 100 cm³/mol. The van der Waals surface area contributed by atoms with E-state index in [1.54, 1.807) is 24.1 Å². The first-order chi connectivity index (χ1) is 13.0. The average Bonchev–Trinajstić information content (AvgIpc) is 2.66. The molecule has 1 aliphatic heterocycles. The Hall–Kier alpha value is -1.68. The summed E-state index contributed by atoms with van der Waals surface area (Å²) in [6.45, 7) is 4.25. The lowest BCUT2D eigenvalue weighted by Gasteiger charge is -2.32. The summed E-state index contributed by atoms with van der Waals surface area (Å²) in [5.41, 5.74) is 0. The van der Waals surface area contributed by atoms with Gasteiger partial charge in [-0.25, -0.2) is 13.1 Å². The highest BCUT2D eigenvalue weighted by molar-refractivity contribution is 7.89. The summed E-state index contributed by atoms with van der Waals surface area (Å²) < 4.78 is 43.2. The first kappa shape index (κ1) is 21.6. The maximum absolute atomic E-state index is 12.5. The molecule has 27 heavy (non-hydrogen) atoms. The lowest BCUT2D eigenvalue weighted by atomic mass is 10.1. The number of benzene rings is 1. The number of nitrogens with zero attached hydrogens (tertiary/aromatic N) is 1. The largest absolute Gasteiger partial charge is 0.494 e. The van der Waals surface area contributed by atoms with Gasteiger partial charge in [0.15, 0.2) is 0 Å². The summed E-state index contributed by atoms with van der Waals surface area (Å²) in [6.07, 6.45) is 1.14. The number of hydrogen-bond acceptors (Lipinski definition) is 6. The van der Waals surface area contributed by atoms with E-state index in [4.69, 9.17) is 14.2 Å². The molecule has 0 aliphatic carbocycles. The Bertz CT molecular complexity index is 684.